The van der Waals surface area contributed by atoms with Crippen molar-refractivity contribution in [2.45, 2.75) is 26.6 Å². The van der Waals surface area contributed by atoms with Crippen molar-refractivity contribution in [3.63, 3.8) is 0 Å². The molecule has 0 saturated carbocycles. The fraction of sp³-hybridized carbons (Fsp3) is 0.417. The Hall–Kier alpha value is -1.36. The fourth-order valence-electron chi connectivity index (χ4n) is 1.51. The van der Waals surface area contributed by atoms with Gasteiger partial charge in [-0.15, -0.1) is 0 Å². The number of hydrogen-bond acceptors (Lipinski definition) is 2. The second-order valence-electron chi connectivity index (χ2n) is 3.68. The van der Waals surface area contributed by atoms with Crippen LogP contribution in [0.2, 0.25) is 0 Å². The molecule has 0 fully saturated rings. The highest BCUT2D eigenvalue weighted by molar-refractivity contribution is 5.99. The van der Waals surface area contributed by atoms with Gasteiger partial charge in [0.05, 0.1) is 5.56 Å². The quantitative estimate of drug-likeness (QED) is 0.815. The molecule has 17 heavy (non-hydrogen) atoms. The maximum absolute atomic E-state index is 12.7. The van der Waals surface area contributed by atoms with Crippen molar-refractivity contribution < 1.29 is 13.2 Å². The Morgan fingerprint density at radius 1 is 1.29 bits per heavy atom. The molecule has 0 bridgehead atoms. The third-order valence-corrected chi connectivity index (χ3v) is 2.37. The maximum Gasteiger partial charge on any atom is 0.416 e. The molecule has 0 unspecified atom stereocenters. The van der Waals surface area contributed by atoms with Gasteiger partial charge in [-0.1, -0.05) is 0 Å². The fourth-order valence-corrected chi connectivity index (χ4v) is 1.51. The molecule has 0 amide bonds. The first-order chi connectivity index (χ1) is 7.88. The van der Waals surface area contributed by atoms with Crippen LogP contribution in [0.3, 0.4) is 0 Å². The topological polar surface area (TPSA) is 38.4 Å². The average molecular weight is 244 g/mol. The van der Waals surface area contributed by atoms with E-state index in [1.54, 1.807) is 13.0 Å². The molecule has 94 valence electrons. The Balaban J connectivity index is 3.28. The lowest BCUT2D eigenvalue weighted by atomic mass is 10.0. The van der Waals surface area contributed by atoms with Crippen molar-refractivity contribution in [2.75, 3.05) is 6.54 Å². The van der Waals surface area contributed by atoms with E-state index in [1.165, 1.54) is 0 Å². The van der Waals surface area contributed by atoms with Crippen LogP contribution >= 0.6 is 0 Å². The third-order valence-electron chi connectivity index (χ3n) is 2.37. The van der Waals surface area contributed by atoms with Crippen LogP contribution in [0.1, 0.15) is 30.5 Å². The number of nitrogens with two attached hydrogens (primary N) is 1. The molecule has 0 aromatic heterocycles. The van der Waals surface area contributed by atoms with Crippen molar-refractivity contribution >= 4 is 5.71 Å². The summed E-state index contributed by atoms with van der Waals surface area (Å²) in [5.74, 6) is 0. The highest BCUT2D eigenvalue weighted by atomic mass is 19.4. The Kier molecular flexibility index (Phi) is 4.28. The van der Waals surface area contributed by atoms with E-state index in [0.717, 1.165) is 12.1 Å². The monoisotopic (exact) mass is 244 g/mol. The highest BCUT2D eigenvalue weighted by Crippen LogP contribution is 2.30. The molecular formula is C12H15F3N2. The minimum Gasteiger partial charge on any atom is -0.326 e. The minimum atomic E-state index is -4.35. The summed E-state index contributed by atoms with van der Waals surface area (Å²) in [7, 11) is 0. The minimum absolute atomic E-state index is 0.0797. The van der Waals surface area contributed by atoms with E-state index < -0.39 is 11.7 Å². The van der Waals surface area contributed by atoms with Crippen LogP contribution in [0.4, 0.5) is 13.2 Å². The first-order valence-electron chi connectivity index (χ1n) is 5.31. The lowest BCUT2D eigenvalue weighted by molar-refractivity contribution is -0.137. The van der Waals surface area contributed by atoms with E-state index in [0.29, 0.717) is 23.4 Å². The van der Waals surface area contributed by atoms with Crippen molar-refractivity contribution in [3.8, 4) is 0 Å². The zero-order valence-electron chi connectivity index (χ0n) is 9.80. The largest absolute Gasteiger partial charge is 0.416 e. The lowest BCUT2D eigenvalue weighted by Gasteiger charge is -2.11. The van der Waals surface area contributed by atoms with Crippen LogP contribution in [0.25, 0.3) is 0 Å². The van der Waals surface area contributed by atoms with Gasteiger partial charge in [0.1, 0.15) is 0 Å². The first kappa shape index (κ1) is 13.7. The summed E-state index contributed by atoms with van der Waals surface area (Å²) in [4.78, 5) is 4.10. The first-order valence-corrected chi connectivity index (χ1v) is 5.31. The van der Waals surface area contributed by atoms with E-state index >= 15 is 0 Å². The summed E-state index contributed by atoms with van der Waals surface area (Å²) in [6.45, 7) is 4.15. The maximum atomic E-state index is 12.7. The van der Waals surface area contributed by atoms with Crippen LogP contribution in [0.15, 0.2) is 23.2 Å². The number of hydrogen-bond donors (Lipinski definition) is 1. The van der Waals surface area contributed by atoms with E-state index in [2.05, 4.69) is 4.99 Å². The predicted molar refractivity (Wildman–Crippen MR) is 62.1 cm³/mol. The number of rotatable bonds is 3. The Labute approximate surface area is 98.4 Å². The van der Waals surface area contributed by atoms with Gasteiger partial charge in [-0.05, 0) is 43.2 Å². The van der Waals surface area contributed by atoms with Gasteiger partial charge in [0, 0.05) is 18.8 Å². The van der Waals surface area contributed by atoms with Crippen LogP contribution in [-0.2, 0) is 12.7 Å². The van der Waals surface area contributed by atoms with Gasteiger partial charge in [0.25, 0.3) is 0 Å². The predicted octanol–water partition coefficient (Wildman–Crippen LogP) is 2.99. The average Bonchev–Trinajstić information content (AvgIpc) is 2.27. The molecule has 0 aliphatic carbocycles. The van der Waals surface area contributed by atoms with Gasteiger partial charge in [-0.3, -0.25) is 4.99 Å². The SMILES string of the molecule is CCN=C(C)c1cc(CN)cc(C(F)(F)F)c1. The van der Waals surface area contributed by atoms with Crippen LogP contribution < -0.4 is 5.73 Å². The van der Waals surface area contributed by atoms with Crippen molar-refractivity contribution in [3.05, 3.63) is 34.9 Å². The van der Waals surface area contributed by atoms with Crippen LogP contribution in [0.5, 0.6) is 0 Å². The third kappa shape index (κ3) is 3.56. The van der Waals surface area contributed by atoms with Crippen LogP contribution in [-0.4, -0.2) is 12.3 Å². The molecule has 0 heterocycles. The van der Waals surface area contributed by atoms with E-state index in [1.807, 2.05) is 6.92 Å². The van der Waals surface area contributed by atoms with Gasteiger partial charge < -0.3 is 5.73 Å². The normalized spacial score (nSPS) is 12.9. The molecule has 1 aromatic carbocycles. The molecule has 1 rings (SSSR count). The summed E-state index contributed by atoms with van der Waals surface area (Å²) in [6, 6.07) is 3.82. The lowest BCUT2D eigenvalue weighted by Crippen LogP contribution is -2.10. The second-order valence-corrected chi connectivity index (χ2v) is 3.68. The van der Waals surface area contributed by atoms with Gasteiger partial charge in [0.2, 0.25) is 0 Å². The highest BCUT2D eigenvalue weighted by Gasteiger charge is 2.31. The molecule has 0 spiro atoms. The number of alkyl halides is 3. The molecule has 5 heteroatoms. The molecule has 0 aliphatic rings. The van der Waals surface area contributed by atoms with Gasteiger partial charge in [0.15, 0.2) is 0 Å². The summed E-state index contributed by atoms with van der Waals surface area (Å²) >= 11 is 0. The Morgan fingerprint density at radius 2 is 1.94 bits per heavy atom. The van der Waals surface area contributed by atoms with Crippen molar-refractivity contribution in [2.24, 2.45) is 10.7 Å². The summed E-state index contributed by atoms with van der Waals surface area (Å²) < 4.78 is 38.0. The van der Waals surface area contributed by atoms with Gasteiger partial charge >= 0.3 is 6.18 Å². The molecule has 2 N–H and O–H groups in total. The Bertz CT molecular complexity index is 422. The molecule has 1 aromatic rings. The summed E-state index contributed by atoms with van der Waals surface area (Å²) in [6.07, 6.45) is -4.35. The number of nitrogens with zero attached hydrogens (tertiary/aromatic N) is 1. The molecular weight excluding hydrogens is 229 g/mol. The van der Waals surface area contributed by atoms with Crippen molar-refractivity contribution in [1.82, 2.24) is 0 Å². The number of halogens is 3. The van der Waals surface area contributed by atoms with Crippen molar-refractivity contribution in [1.29, 1.82) is 0 Å². The van der Waals surface area contributed by atoms with Gasteiger partial charge in [-0.25, -0.2) is 0 Å². The van der Waals surface area contributed by atoms with E-state index in [9.17, 15) is 13.2 Å². The van der Waals surface area contributed by atoms with Crippen LogP contribution in [0, 0.1) is 0 Å². The Morgan fingerprint density at radius 3 is 2.41 bits per heavy atom. The number of benzene rings is 1. The molecule has 0 saturated heterocycles. The van der Waals surface area contributed by atoms with E-state index in [4.69, 9.17) is 5.73 Å². The second kappa shape index (κ2) is 5.31. The molecule has 0 atom stereocenters. The number of aliphatic imine (C=N–C) groups is 1. The zero-order valence-corrected chi connectivity index (χ0v) is 9.80. The standard InChI is InChI=1S/C12H15F3N2/c1-3-17-8(2)10-4-9(7-16)5-11(6-10)12(13,14)15/h4-6H,3,7,16H2,1-2H3. The summed E-state index contributed by atoms with van der Waals surface area (Å²) in [5.41, 5.74) is 6.24. The zero-order chi connectivity index (χ0) is 13.1. The molecule has 0 aliphatic heterocycles. The van der Waals surface area contributed by atoms with Gasteiger partial charge in [-0.2, -0.15) is 13.2 Å². The molecule has 2 nitrogen and oxygen atoms in total. The summed E-state index contributed by atoms with van der Waals surface area (Å²) in [5, 5.41) is 0. The molecule has 0 radical (unpaired) electrons. The van der Waals surface area contributed by atoms with E-state index in [-0.39, 0.29) is 6.54 Å². The smallest absolute Gasteiger partial charge is 0.326 e.